The number of ether oxygens (including phenoxy) is 1. The van der Waals surface area contributed by atoms with Gasteiger partial charge in [0.05, 0.1) is 24.1 Å². The largest absolute Gasteiger partial charge is 0.494 e. The molecular formula is C24H21ClN4O4. The average Bonchev–Trinajstić information content (AvgIpc) is 2.82. The number of para-hydroxylation sites is 1. The van der Waals surface area contributed by atoms with E-state index < -0.39 is 17.7 Å². The molecule has 3 amide bonds. The third kappa shape index (κ3) is 6.65. The fraction of sp³-hybridized carbons (Fsp3) is 0.0833. The molecule has 8 nitrogen and oxygen atoms in total. The summed E-state index contributed by atoms with van der Waals surface area (Å²) in [4.78, 5) is 37.1. The van der Waals surface area contributed by atoms with Crippen LogP contribution in [0, 0.1) is 0 Å². The summed E-state index contributed by atoms with van der Waals surface area (Å²) in [6, 6.07) is 20.1. The molecule has 3 aromatic carbocycles. The number of nitrogens with one attached hydrogen (secondary N) is 3. The summed E-state index contributed by atoms with van der Waals surface area (Å²) in [7, 11) is 0. The minimum absolute atomic E-state index is 0.177. The zero-order chi connectivity index (χ0) is 23.6. The topological polar surface area (TPSA) is 109 Å². The second-order valence-electron chi connectivity index (χ2n) is 6.63. The van der Waals surface area contributed by atoms with Crippen LogP contribution in [-0.4, -0.2) is 30.5 Å². The normalized spacial score (nSPS) is 10.5. The van der Waals surface area contributed by atoms with E-state index in [2.05, 4.69) is 21.2 Å². The van der Waals surface area contributed by atoms with Crippen LogP contribution in [0.2, 0.25) is 5.02 Å². The number of anilines is 2. The van der Waals surface area contributed by atoms with E-state index in [4.69, 9.17) is 16.3 Å². The highest BCUT2D eigenvalue weighted by molar-refractivity contribution is 6.40. The first-order valence-electron chi connectivity index (χ1n) is 10.00. The average molecular weight is 465 g/mol. The summed E-state index contributed by atoms with van der Waals surface area (Å²) in [6.07, 6.45) is 1.33. The standard InChI is InChI=1S/C24H21ClN4O4/c1-2-33-18-13-11-17(12-14-18)27-22(30)19-8-4-6-10-21(19)28-23(31)24(32)29-26-15-16-7-3-5-9-20(16)25/h3-15H,2H2,1H3,(H,27,30)(H,28,31)(H,29,32)/b26-15-. The molecule has 9 heteroatoms. The highest BCUT2D eigenvalue weighted by Crippen LogP contribution is 2.20. The van der Waals surface area contributed by atoms with Crippen LogP contribution in [0.1, 0.15) is 22.8 Å². The molecule has 3 N–H and O–H groups in total. The van der Waals surface area contributed by atoms with Crippen molar-refractivity contribution in [1.29, 1.82) is 0 Å². The van der Waals surface area contributed by atoms with Gasteiger partial charge in [0.1, 0.15) is 5.75 Å². The molecule has 0 saturated heterocycles. The first-order valence-corrected chi connectivity index (χ1v) is 10.4. The lowest BCUT2D eigenvalue weighted by Crippen LogP contribution is -2.33. The van der Waals surface area contributed by atoms with Crippen LogP contribution < -0.4 is 20.8 Å². The Morgan fingerprint density at radius 1 is 0.909 bits per heavy atom. The first-order chi connectivity index (χ1) is 16.0. The van der Waals surface area contributed by atoms with Gasteiger partial charge in [-0.15, -0.1) is 0 Å². The predicted molar refractivity (Wildman–Crippen MR) is 128 cm³/mol. The number of rotatable bonds is 7. The van der Waals surface area contributed by atoms with E-state index in [1.54, 1.807) is 60.7 Å². The first kappa shape index (κ1) is 23.5. The van der Waals surface area contributed by atoms with E-state index >= 15 is 0 Å². The number of halogens is 1. The maximum atomic E-state index is 12.7. The van der Waals surface area contributed by atoms with Crippen molar-refractivity contribution in [1.82, 2.24) is 5.43 Å². The van der Waals surface area contributed by atoms with Crippen LogP contribution in [0.25, 0.3) is 0 Å². The van der Waals surface area contributed by atoms with Crippen molar-refractivity contribution in [2.75, 3.05) is 17.2 Å². The van der Waals surface area contributed by atoms with Gasteiger partial charge in [-0.1, -0.05) is 41.9 Å². The highest BCUT2D eigenvalue weighted by Gasteiger charge is 2.18. The molecule has 0 fully saturated rings. The van der Waals surface area contributed by atoms with E-state index in [0.29, 0.717) is 28.6 Å². The van der Waals surface area contributed by atoms with Crippen molar-refractivity contribution in [3.8, 4) is 5.75 Å². The van der Waals surface area contributed by atoms with Crippen molar-refractivity contribution >= 4 is 46.9 Å². The Morgan fingerprint density at radius 3 is 2.33 bits per heavy atom. The molecule has 3 rings (SSSR count). The van der Waals surface area contributed by atoms with Crippen LogP contribution in [0.3, 0.4) is 0 Å². The molecule has 168 valence electrons. The summed E-state index contributed by atoms with van der Waals surface area (Å²) < 4.78 is 5.38. The van der Waals surface area contributed by atoms with Gasteiger partial charge in [0.25, 0.3) is 5.91 Å². The van der Waals surface area contributed by atoms with Crippen LogP contribution in [0.15, 0.2) is 77.9 Å². The van der Waals surface area contributed by atoms with E-state index in [1.807, 2.05) is 6.92 Å². The summed E-state index contributed by atoms with van der Waals surface area (Å²) in [6.45, 7) is 2.42. The zero-order valence-electron chi connectivity index (χ0n) is 17.7. The Balaban J connectivity index is 1.63. The molecule has 33 heavy (non-hydrogen) atoms. The number of carbonyl (C=O) groups excluding carboxylic acids is 3. The zero-order valence-corrected chi connectivity index (χ0v) is 18.4. The van der Waals surface area contributed by atoms with Gasteiger partial charge in [-0.2, -0.15) is 5.10 Å². The van der Waals surface area contributed by atoms with E-state index in [0.717, 1.165) is 0 Å². The molecule has 0 saturated carbocycles. The molecule has 0 heterocycles. The molecule has 0 atom stereocenters. The molecule has 0 aliphatic heterocycles. The predicted octanol–water partition coefficient (Wildman–Crippen LogP) is 4.08. The number of hydrogen-bond donors (Lipinski definition) is 3. The molecule has 0 aliphatic rings. The fourth-order valence-electron chi connectivity index (χ4n) is 2.76. The summed E-state index contributed by atoms with van der Waals surface area (Å²) >= 11 is 6.01. The fourth-order valence-corrected chi connectivity index (χ4v) is 2.94. The van der Waals surface area contributed by atoms with Crippen molar-refractivity contribution in [3.63, 3.8) is 0 Å². The van der Waals surface area contributed by atoms with Gasteiger partial charge in [-0.25, -0.2) is 5.43 Å². The van der Waals surface area contributed by atoms with Crippen LogP contribution in [0.5, 0.6) is 5.75 Å². The maximum absolute atomic E-state index is 12.7. The number of amides is 3. The Bertz CT molecular complexity index is 1180. The lowest BCUT2D eigenvalue weighted by atomic mass is 10.1. The third-order valence-corrected chi connectivity index (χ3v) is 4.67. The third-order valence-electron chi connectivity index (χ3n) is 4.32. The van der Waals surface area contributed by atoms with Gasteiger partial charge in [0.2, 0.25) is 0 Å². The lowest BCUT2D eigenvalue weighted by Gasteiger charge is -2.11. The Hall–Kier alpha value is -4.17. The number of carbonyl (C=O) groups is 3. The molecule has 0 aromatic heterocycles. The lowest BCUT2D eigenvalue weighted by molar-refractivity contribution is -0.136. The number of benzene rings is 3. The van der Waals surface area contributed by atoms with E-state index in [9.17, 15) is 14.4 Å². The number of hydrogen-bond acceptors (Lipinski definition) is 5. The van der Waals surface area contributed by atoms with Crippen molar-refractivity contribution in [3.05, 3.63) is 88.9 Å². The summed E-state index contributed by atoms with van der Waals surface area (Å²) in [5.41, 5.74) is 3.63. The molecule has 0 aliphatic carbocycles. The SMILES string of the molecule is CCOc1ccc(NC(=O)c2ccccc2NC(=O)C(=O)N/N=C\c2ccccc2Cl)cc1. The summed E-state index contributed by atoms with van der Waals surface area (Å²) in [5, 5.41) is 9.37. The summed E-state index contributed by atoms with van der Waals surface area (Å²) in [5.74, 6) is -1.74. The van der Waals surface area contributed by atoms with Crippen LogP contribution >= 0.6 is 11.6 Å². The van der Waals surface area contributed by atoms with Gasteiger partial charge in [0, 0.05) is 16.3 Å². The van der Waals surface area contributed by atoms with Gasteiger partial charge in [0.15, 0.2) is 0 Å². The van der Waals surface area contributed by atoms with Gasteiger partial charge in [-0.05, 0) is 49.4 Å². The van der Waals surface area contributed by atoms with Gasteiger partial charge < -0.3 is 15.4 Å². The molecule has 0 bridgehead atoms. The monoisotopic (exact) mass is 464 g/mol. The van der Waals surface area contributed by atoms with E-state index in [-0.39, 0.29) is 11.3 Å². The second kappa shape index (κ2) is 11.4. The van der Waals surface area contributed by atoms with Crippen LogP contribution in [-0.2, 0) is 9.59 Å². The number of hydrazone groups is 1. The van der Waals surface area contributed by atoms with E-state index in [1.165, 1.54) is 18.3 Å². The number of nitrogens with zero attached hydrogens (tertiary/aromatic N) is 1. The Labute approximate surface area is 195 Å². The van der Waals surface area contributed by atoms with Crippen molar-refractivity contribution < 1.29 is 19.1 Å². The van der Waals surface area contributed by atoms with Crippen molar-refractivity contribution in [2.24, 2.45) is 5.10 Å². The maximum Gasteiger partial charge on any atom is 0.329 e. The smallest absolute Gasteiger partial charge is 0.329 e. The van der Waals surface area contributed by atoms with Gasteiger partial charge in [-0.3, -0.25) is 14.4 Å². The molecule has 0 radical (unpaired) electrons. The molecular weight excluding hydrogens is 444 g/mol. The highest BCUT2D eigenvalue weighted by atomic mass is 35.5. The Kier molecular flexibility index (Phi) is 8.15. The molecule has 0 unspecified atom stereocenters. The quantitative estimate of drug-likeness (QED) is 0.278. The Morgan fingerprint density at radius 2 is 1.61 bits per heavy atom. The van der Waals surface area contributed by atoms with Crippen molar-refractivity contribution in [2.45, 2.75) is 6.92 Å². The second-order valence-corrected chi connectivity index (χ2v) is 7.04. The minimum Gasteiger partial charge on any atom is -0.494 e. The van der Waals surface area contributed by atoms with Crippen LogP contribution in [0.4, 0.5) is 11.4 Å². The minimum atomic E-state index is -1.000. The van der Waals surface area contributed by atoms with Gasteiger partial charge >= 0.3 is 11.8 Å². The molecule has 0 spiro atoms. The molecule has 3 aromatic rings.